The Bertz CT molecular complexity index is 687. The van der Waals surface area contributed by atoms with Gasteiger partial charge in [0.15, 0.2) is 0 Å². The van der Waals surface area contributed by atoms with Crippen molar-refractivity contribution < 1.29 is 9.18 Å². The van der Waals surface area contributed by atoms with Gasteiger partial charge in [-0.25, -0.2) is 9.37 Å². The molecule has 0 spiro atoms. The largest absolute Gasteiger partial charge is 0.366 e. The van der Waals surface area contributed by atoms with Gasteiger partial charge in [0.05, 0.1) is 5.69 Å². The first-order chi connectivity index (χ1) is 10.6. The third kappa shape index (κ3) is 3.04. The number of hydrogen-bond donors (Lipinski definition) is 0. The van der Waals surface area contributed by atoms with E-state index in [0.717, 1.165) is 0 Å². The highest BCUT2D eigenvalue weighted by molar-refractivity contribution is 6.29. The van der Waals surface area contributed by atoms with E-state index in [-0.39, 0.29) is 11.7 Å². The van der Waals surface area contributed by atoms with Crippen LogP contribution >= 0.6 is 11.6 Å². The topological polar surface area (TPSA) is 36.4 Å². The lowest BCUT2D eigenvalue weighted by Gasteiger charge is -2.36. The second-order valence-corrected chi connectivity index (χ2v) is 5.49. The van der Waals surface area contributed by atoms with Crippen molar-refractivity contribution in [3.8, 4) is 0 Å². The molecule has 4 nitrogen and oxygen atoms in total. The summed E-state index contributed by atoms with van der Waals surface area (Å²) in [5.74, 6) is -0.305. The van der Waals surface area contributed by atoms with Crippen LogP contribution in [0.3, 0.4) is 0 Å². The van der Waals surface area contributed by atoms with Crippen LogP contribution in [0.25, 0.3) is 0 Å². The fourth-order valence-corrected chi connectivity index (χ4v) is 2.75. The molecule has 1 amide bonds. The van der Waals surface area contributed by atoms with Gasteiger partial charge in [-0.1, -0.05) is 23.7 Å². The minimum atomic E-state index is -0.233. The first-order valence-corrected chi connectivity index (χ1v) is 7.43. The van der Waals surface area contributed by atoms with E-state index >= 15 is 0 Å². The van der Waals surface area contributed by atoms with E-state index in [1.165, 1.54) is 12.3 Å². The molecule has 1 saturated heterocycles. The summed E-state index contributed by atoms with van der Waals surface area (Å²) in [7, 11) is 0. The van der Waals surface area contributed by atoms with Crippen LogP contribution in [-0.4, -0.2) is 42.0 Å². The van der Waals surface area contributed by atoms with Gasteiger partial charge in [-0.05, 0) is 24.3 Å². The summed E-state index contributed by atoms with van der Waals surface area (Å²) in [5, 5.41) is 0.302. The molecule has 1 aromatic heterocycles. The molecule has 114 valence electrons. The predicted octanol–water partition coefficient (Wildman–Crippen LogP) is 2.84. The zero-order valence-corrected chi connectivity index (χ0v) is 12.6. The Kier molecular flexibility index (Phi) is 4.24. The highest BCUT2D eigenvalue weighted by Crippen LogP contribution is 2.21. The monoisotopic (exact) mass is 319 g/mol. The van der Waals surface area contributed by atoms with Crippen molar-refractivity contribution in [2.75, 3.05) is 31.1 Å². The van der Waals surface area contributed by atoms with Gasteiger partial charge in [0.1, 0.15) is 11.0 Å². The van der Waals surface area contributed by atoms with E-state index in [1.807, 2.05) is 11.0 Å². The Morgan fingerprint density at radius 3 is 2.55 bits per heavy atom. The maximum absolute atomic E-state index is 13.8. The Morgan fingerprint density at radius 2 is 1.86 bits per heavy atom. The summed E-state index contributed by atoms with van der Waals surface area (Å²) < 4.78 is 13.8. The van der Waals surface area contributed by atoms with E-state index < -0.39 is 0 Å². The van der Waals surface area contributed by atoms with Crippen molar-refractivity contribution in [3.63, 3.8) is 0 Å². The maximum Gasteiger partial charge on any atom is 0.254 e. The Morgan fingerprint density at radius 1 is 1.14 bits per heavy atom. The van der Waals surface area contributed by atoms with Crippen molar-refractivity contribution in [2.45, 2.75) is 0 Å². The van der Waals surface area contributed by atoms with Crippen molar-refractivity contribution in [2.24, 2.45) is 0 Å². The number of piperazine rings is 1. The average molecular weight is 320 g/mol. The zero-order chi connectivity index (χ0) is 15.5. The summed E-state index contributed by atoms with van der Waals surface area (Å²) in [6.07, 6.45) is 1.52. The second kappa shape index (κ2) is 6.32. The van der Waals surface area contributed by atoms with Crippen LogP contribution in [0.2, 0.25) is 5.15 Å². The van der Waals surface area contributed by atoms with Gasteiger partial charge in [0, 0.05) is 37.9 Å². The number of carbonyl (C=O) groups is 1. The van der Waals surface area contributed by atoms with Crippen LogP contribution < -0.4 is 4.90 Å². The van der Waals surface area contributed by atoms with E-state index in [0.29, 0.717) is 42.6 Å². The molecule has 2 heterocycles. The lowest BCUT2D eigenvalue weighted by molar-refractivity contribution is 0.0746. The van der Waals surface area contributed by atoms with E-state index in [9.17, 15) is 9.18 Å². The molecule has 0 saturated carbocycles. The van der Waals surface area contributed by atoms with Crippen LogP contribution in [0.15, 0.2) is 42.6 Å². The molecule has 1 aliphatic heterocycles. The molecule has 0 unspecified atom stereocenters. The van der Waals surface area contributed by atoms with Gasteiger partial charge in [-0.2, -0.15) is 0 Å². The summed E-state index contributed by atoms with van der Waals surface area (Å²) in [6, 6.07) is 9.91. The van der Waals surface area contributed by atoms with Gasteiger partial charge in [0.2, 0.25) is 0 Å². The van der Waals surface area contributed by atoms with Crippen molar-refractivity contribution in [3.05, 3.63) is 59.1 Å². The number of pyridine rings is 1. The number of benzene rings is 1. The van der Waals surface area contributed by atoms with Crippen molar-refractivity contribution >= 4 is 23.2 Å². The van der Waals surface area contributed by atoms with E-state index in [4.69, 9.17) is 11.6 Å². The Balaban J connectivity index is 1.67. The van der Waals surface area contributed by atoms with Crippen LogP contribution in [-0.2, 0) is 0 Å². The van der Waals surface area contributed by atoms with Gasteiger partial charge in [-0.15, -0.1) is 0 Å². The SMILES string of the molecule is O=C(c1ccnc(Cl)c1)N1CCN(c2ccccc2F)CC1. The first-order valence-electron chi connectivity index (χ1n) is 7.05. The first kappa shape index (κ1) is 14.8. The standard InChI is InChI=1S/C16H15ClFN3O/c17-15-11-12(5-6-19-15)16(22)21-9-7-20(8-10-21)14-4-2-1-3-13(14)18/h1-6,11H,7-10H2. The van der Waals surface area contributed by atoms with Gasteiger partial charge in [-0.3, -0.25) is 4.79 Å². The van der Waals surface area contributed by atoms with Crippen LogP contribution in [0.1, 0.15) is 10.4 Å². The number of hydrogen-bond acceptors (Lipinski definition) is 3. The molecular weight excluding hydrogens is 305 g/mol. The molecule has 0 N–H and O–H groups in total. The number of carbonyl (C=O) groups excluding carboxylic acids is 1. The number of anilines is 1. The van der Waals surface area contributed by atoms with Gasteiger partial charge < -0.3 is 9.80 Å². The molecule has 1 aromatic carbocycles. The fourth-order valence-electron chi connectivity index (χ4n) is 2.58. The molecule has 0 aliphatic carbocycles. The highest BCUT2D eigenvalue weighted by atomic mass is 35.5. The summed E-state index contributed by atoms with van der Waals surface area (Å²) in [6.45, 7) is 2.30. The van der Waals surface area contributed by atoms with Crippen LogP contribution in [0.4, 0.5) is 10.1 Å². The third-order valence-electron chi connectivity index (χ3n) is 3.73. The molecule has 0 atom stereocenters. The number of aromatic nitrogens is 1. The van der Waals surface area contributed by atoms with E-state index in [2.05, 4.69) is 4.98 Å². The summed E-state index contributed by atoms with van der Waals surface area (Å²) in [5.41, 5.74) is 1.11. The van der Waals surface area contributed by atoms with Crippen LogP contribution in [0, 0.1) is 5.82 Å². The Hall–Kier alpha value is -2.14. The number of nitrogens with zero attached hydrogens (tertiary/aromatic N) is 3. The number of halogens is 2. The molecule has 3 rings (SSSR count). The van der Waals surface area contributed by atoms with Crippen molar-refractivity contribution in [1.82, 2.24) is 9.88 Å². The highest BCUT2D eigenvalue weighted by Gasteiger charge is 2.23. The number of rotatable bonds is 2. The molecular formula is C16H15ClFN3O. The van der Waals surface area contributed by atoms with E-state index in [1.54, 1.807) is 29.2 Å². The van der Waals surface area contributed by atoms with Gasteiger partial charge >= 0.3 is 0 Å². The molecule has 0 radical (unpaired) electrons. The molecule has 0 bridgehead atoms. The molecule has 6 heteroatoms. The lowest BCUT2D eigenvalue weighted by Crippen LogP contribution is -2.49. The molecule has 1 fully saturated rings. The minimum absolute atomic E-state index is 0.0718. The summed E-state index contributed by atoms with van der Waals surface area (Å²) >= 11 is 5.82. The van der Waals surface area contributed by atoms with Gasteiger partial charge in [0.25, 0.3) is 5.91 Å². The van der Waals surface area contributed by atoms with Crippen molar-refractivity contribution in [1.29, 1.82) is 0 Å². The molecule has 1 aliphatic rings. The second-order valence-electron chi connectivity index (χ2n) is 5.10. The zero-order valence-electron chi connectivity index (χ0n) is 11.9. The smallest absolute Gasteiger partial charge is 0.254 e. The number of para-hydroxylation sites is 1. The summed E-state index contributed by atoms with van der Waals surface area (Å²) in [4.78, 5) is 20.0. The average Bonchev–Trinajstić information content (AvgIpc) is 2.55. The maximum atomic E-state index is 13.8. The predicted molar refractivity (Wildman–Crippen MR) is 83.8 cm³/mol. The quantitative estimate of drug-likeness (QED) is 0.799. The van der Waals surface area contributed by atoms with Crippen LogP contribution in [0.5, 0.6) is 0 Å². The molecule has 22 heavy (non-hydrogen) atoms. The lowest BCUT2D eigenvalue weighted by atomic mass is 10.2. The fraction of sp³-hybridized carbons (Fsp3) is 0.250. The normalized spacial score (nSPS) is 15.0. The third-order valence-corrected chi connectivity index (χ3v) is 3.94. The Labute approximate surface area is 133 Å². The molecule has 2 aromatic rings. The number of amides is 1. The minimum Gasteiger partial charge on any atom is -0.366 e.